The van der Waals surface area contributed by atoms with Crippen LogP contribution in [-0.2, 0) is 12.8 Å². The van der Waals surface area contributed by atoms with Gasteiger partial charge in [-0.25, -0.2) is 0 Å². The molecular weight excluding hydrogens is 152 g/mol. The molecule has 0 atom stereocenters. The van der Waals surface area contributed by atoms with Crippen molar-refractivity contribution in [3.8, 4) is 0 Å². The van der Waals surface area contributed by atoms with Gasteiger partial charge in [0.2, 0.25) is 0 Å². The van der Waals surface area contributed by atoms with Crippen LogP contribution in [0.15, 0.2) is 0 Å². The first kappa shape index (κ1) is 9.20. The second-order valence-electron chi connectivity index (χ2n) is 2.53. The molecule has 0 aromatic carbocycles. The van der Waals surface area contributed by atoms with Gasteiger partial charge in [0.1, 0.15) is 0 Å². The van der Waals surface area contributed by atoms with Gasteiger partial charge in [-0.15, -0.1) is 0 Å². The zero-order valence-electron chi connectivity index (χ0n) is 6.21. The third-order valence-electron chi connectivity index (χ3n) is 0.843. The summed E-state index contributed by atoms with van der Waals surface area (Å²) in [6, 6.07) is 0. The summed E-state index contributed by atoms with van der Waals surface area (Å²) in [5, 5.41) is 0.755. The molecule has 0 rings (SSSR count). The minimum atomic E-state index is 0.308. The van der Waals surface area contributed by atoms with Crippen LogP contribution in [0, 0.1) is 0 Å². The fourth-order valence-electron chi connectivity index (χ4n) is 0.482. The molecule has 0 N–H and O–H groups in total. The quantitative estimate of drug-likeness (QED) is 0.289. The third kappa shape index (κ3) is 3.03. The van der Waals surface area contributed by atoms with Crippen LogP contribution in [0.1, 0.15) is 0 Å². The molecule has 0 aromatic rings. The van der Waals surface area contributed by atoms with Gasteiger partial charge in [0, 0.05) is 26.3 Å². The molecule has 0 aliphatic carbocycles. The first-order valence-corrected chi connectivity index (χ1v) is 3.40. The van der Waals surface area contributed by atoms with Gasteiger partial charge in [-0.2, -0.15) is 0 Å². The number of quaternary nitrogens is 1. The lowest BCUT2D eigenvalue weighted by molar-refractivity contribution is -0.649. The van der Waals surface area contributed by atoms with Gasteiger partial charge in [0.25, 0.3) is 5.11 Å². The largest absolute Gasteiger partial charge is 0.486 e. The number of thiocarbonyl (C=S) groups is 1. The first-order valence-electron chi connectivity index (χ1n) is 2.62. The predicted molar refractivity (Wildman–Crippen MR) is 45.8 cm³/mol. The summed E-state index contributed by atoms with van der Waals surface area (Å²) in [5.74, 6) is 0. The molecule has 0 saturated carbocycles. The van der Waals surface area contributed by atoms with E-state index < -0.39 is 0 Å². The van der Waals surface area contributed by atoms with Crippen molar-refractivity contribution in [3.63, 3.8) is 0 Å². The van der Waals surface area contributed by atoms with E-state index in [1.54, 1.807) is 0 Å². The van der Waals surface area contributed by atoms with Gasteiger partial charge in [-0.1, -0.05) is 0 Å². The molecule has 0 fully saturated rings. The van der Waals surface area contributed by atoms with Gasteiger partial charge in [-0.05, 0) is 0 Å². The smallest absolute Gasteiger partial charge is 0.253 e. The second kappa shape index (κ2) is 2.86. The lowest BCUT2D eigenvalue weighted by atomic mass is 10.8. The Hall–Kier alpha value is 0.200. The minimum Gasteiger partial charge on any atom is -0.486 e. The fourth-order valence-corrected chi connectivity index (χ4v) is 0.645. The first-order chi connectivity index (χ1) is 3.85. The minimum absolute atomic E-state index is 0.308. The molecular formula is C5H12N2S2. The third-order valence-corrected chi connectivity index (χ3v) is 1.95. The molecule has 0 radical (unpaired) electrons. The molecule has 0 spiro atoms. The van der Waals surface area contributed by atoms with Gasteiger partial charge >= 0.3 is 0 Å². The van der Waals surface area contributed by atoms with Crippen molar-refractivity contribution in [2.75, 3.05) is 28.2 Å². The highest BCUT2D eigenvalue weighted by Crippen LogP contribution is 1.97. The highest BCUT2D eigenvalue weighted by atomic mass is 32.1. The molecule has 0 aliphatic rings. The van der Waals surface area contributed by atoms with Crippen LogP contribution in [-0.4, -0.2) is 42.1 Å². The molecule has 54 valence electrons. The number of nitrogens with zero attached hydrogens (tertiary/aromatic N) is 2. The van der Waals surface area contributed by atoms with Crippen LogP contribution in [0.25, 0.3) is 0 Å². The van der Waals surface area contributed by atoms with Crippen molar-refractivity contribution in [1.82, 2.24) is 4.90 Å². The Morgan fingerprint density at radius 1 is 1.44 bits per heavy atom. The van der Waals surface area contributed by atoms with Crippen molar-refractivity contribution in [3.05, 3.63) is 0 Å². The highest BCUT2D eigenvalue weighted by molar-refractivity contribution is 7.80. The topological polar surface area (TPSA) is 3.24 Å². The van der Waals surface area contributed by atoms with E-state index in [0.29, 0.717) is 3.89 Å². The Balaban J connectivity index is 4.06. The molecule has 4 heteroatoms. The van der Waals surface area contributed by atoms with E-state index >= 15 is 0 Å². The Kier molecular flexibility index (Phi) is 2.92. The summed E-state index contributed by atoms with van der Waals surface area (Å²) in [6.45, 7) is 0. The molecule has 0 aromatic heterocycles. The Morgan fingerprint density at radius 3 is 1.78 bits per heavy atom. The Morgan fingerprint density at radius 2 is 1.78 bits per heavy atom. The number of rotatable bonds is 0. The van der Waals surface area contributed by atoms with Crippen LogP contribution in [0.3, 0.4) is 0 Å². The van der Waals surface area contributed by atoms with E-state index in [1.807, 2.05) is 33.1 Å². The summed E-state index contributed by atoms with van der Waals surface area (Å²) in [5.41, 5.74) is 0. The maximum Gasteiger partial charge on any atom is 0.253 e. The van der Waals surface area contributed by atoms with E-state index in [1.165, 1.54) is 0 Å². The van der Waals surface area contributed by atoms with Crippen LogP contribution >= 0.6 is 12.2 Å². The van der Waals surface area contributed by atoms with Crippen LogP contribution < -0.4 is 0 Å². The van der Waals surface area contributed by atoms with E-state index in [9.17, 15) is 0 Å². The second-order valence-corrected chi connectivity index (χ2v) is 3.81. The van der Waals surface area contributed by atoms with Crippen molar-refractivity contribution in [2.45, 2.75) is 0 Å². The van der Waals surface area contributed by atoms with E-state index in [-0.39, 0.29) is 0 Å². The molecule has 0 heterocycles. The number of hydrogen-bond acceptors (Lipinski definition) is 2. The monoisotopic (exact) mass is 164 g/mol. The summed E-state index contributed by atoms with van der Waals surface area (Å²) < 4.78 is 0.308. The standard InChI is InChI=1S/C5H12N2S2/c1-6(2)5(8)7(3,4)9/h1-4H3. The van der Waals surface area contributed by atoms with Crippen molar-refractivity contribution >= 4 is 30.1 Å². The zero-order valence-corrected chi connectivity index (χ0v) is 7.84. The van der Waals surface area contributed by atoms with Crippen LogP contribution in [0.4, 0.5) is 0 Å². The molecule has 2 nitrogen and oxygen atoms in total. The zero-order chi connectivity index (χ0) is 7.65. The van der Waals surface area contributed by atoms with Gasteiger partial charge in [0.15, 0.2) is 0 Å². The van der Waals surface area contributed by atoms with Crippen molar-refractivity contribution in [2.24, 2.45) is 0 Å². The van der Waals surface area contributed by atoms with E-state index in [2.05, 4.69) is 0 Å². The fraction of sp³-hybridized carbons (Fsp3) is 0.800. The van der Waals surface area contributed by atoms with Gasteiger partial charge < -0.3 is 21.6 Å². The highest BCUT2D eigenvalue weighted by Gasteiger charge is 2.09. The number of hydrogen-bond donors (Lipinski definition) is 0. The van der Waals surface area contributed by atoms with Gasteiger partial charge in [0.05, 0.1) is 14.1 Å². The lowest BCUT2D eigenvalue weighted by Gasteiger charge is -2.37. The molecule has 0 unspecified atom stereocenters. The van der Waals surface area contributed by atoms with Gasteiger partial charge in [-0.3, -0.25) is 0 Å². The normalized spacial score (nSPS) is 11.2. The average Bonchev–Trinajstić information content (AvgIpc) is 1.62. The Labute approximate surface area is 67.6 Å². The summed E-state index contributed by atoms with van der Waals surface area (Å²) in [7, 11) is 7.54. The van der Waals surface area contributed by atoms with Crippen molar-refractivity contribution < 1.29 is 3.89 Å². The molecule has 0 amide bonds. The van der Waals surface area contributed by atoms with Crippen molar-refractivity contribution in [1.29, 1.82) is 0 Å². The van der Waals surface area contributed by atoms with E-state index in [0.717, 1.165) is 5.11 Å². The van der Waals surface area contributed by atoms with Crippen LogP contribution in [0.5, 0.6) is 0 Å². The summed E-state index contributed by atoms with van der Waals surface area (Å²) >= 11 is 10.0. The maximum absolute atomic E-state index is 5.04. The maximum atomic E-state index is 5.04. The summed E-state index contributed by atoms with van der Waals surface area (Å²) in [6.07, 6.45) is 0. The molecule has 9 heavy (non-hydrogen) atoms. The SMILES string of the molecule is CN(C)C(=S)[N+](C)(C)[S-]. The molecule has 0 saturated heterocycles. The van der Waals surface area contributed by atoms with Crippen LogP contribution in [0.2, 0.25) is 0 Å². The molecule has 0 aliphatic heterocycles. The predicted octanol–water partition coefficient (Wildman–Crippen LogP) is 0.371. The lowest BCUT2D eigenvalue weighted by Crippen LogP contribution is -2.45. The molecule has 0 bridgehead atoms. The van der Waals surface area contributed by atoms with E-state index in [4.69, 9.17) is 25.0 Å². The summed E-state index contributed by atoms with van der Waals surface area (Å²) in [4.78, 5) is 1.85. The average molecular weight is 164 g/mol. The Bertz CT molecular complexity index is 115.